The van der Waals surface area contributed by atoms with Crippen LogP contribution in [-0.2, 0) is 0 Å². The van der Waals surface area contributed by atoms with Gasteiger partial charge in [0, 0.05) is 12.3 Å². The first kappa shape index (κ1) is 25.1. The molecule has 10 heteroatoms. The molecule has 0 aromatic rings. The molecule has 3 unspecified atom stereocenters. The van der Waals surface area contributed by atoms with Crippen molar-refractivity contribution in [3.63, 3.8) is 0 Å². The lowest BCUT2D eigenvalue weighted by Gasteiger charge is -2.47. The molecule has 0 aromatic heterocycles. The summed E-state index contributed by atoms with van der Waals surface area (Å²) in [5.74, 6) is -19.5. The second-order valence-corrected chi connectivity index (χ2v) is 9.96. The van der Waals surface area contributed by atoms with Crippen molar-refractivity contribution in [2.75, 3.05) is 0 Å². The zero-order chi connectivity index (χ0) is 22.3. The van der Waals surface area contributed by atoms with Crippen LogP contribution in [0.1, 0.15) is 51.9 Å². The van der Waals surface area contributed by atoms with Crippen LogP contribution in [0.15, 0.2) is 23.8 Å². The second kappa shape index (κ2) is 8.42. The minimum Gasteiger partial charge on any atom is -0.231 e. The molecule has 0 radical (unpaired) electrons. The third-order valence-electron chi connectivity index (χ3n) is 5.82. The molecule has 1 saturated carbocycles. The fraction of sp³-hybridized carbons (Fsp3) is 0.789. The summed E-state index contributed by atoms with van der Waals surface area (Å²) in [6, 6.07) is 0. The molecule has 2 aliphatic carbocycles. The van der Waals surface area contributed by atoms with Crippen LogP contribution in [0.5, 0.6) is 0 Å². The Labute approximate surface area is 180 Å². The molecule has 2 rings (SSSR count). The number of alkyl halides is 10. The van der Waals surface area contributed by atoms with E-state index in [1.54, 1.807) is 13.0 Å². The van der Waals surface area contributed by atoms with E-state index in [1.165, 1.54) is 12.2 Å². The van der Waals surface area contributed by atoms with E-state index < -0.39 is 46.0 Å². The summed E-state index contributed by atoms with van der Waals surface area (Å²) in [4.78, 5) is 0. The molecular weight excluding hydrogens is 468 g/mol. The minimum atomic E-state index is -6.06. The molecule has 0 aliphatic heterocycles. The highest BCUT2D eigenvalue weighted by Crippen LogP contribution is 2.65. The van der Waals surface area contributed by atoms with E-state index in [1.807, 2.05) is 0 Å². The van der Waals surface area contributed by atoms with Gasteiger partial charge in [-0.05, 0) is 31.6 Å². The molecule has 0 heterocycles. The lowest BCUT2D eigenvalue weighted by atomic mass is 9.75. The van der Waals surface area contributed by atoms with Gasteiger partial charge in [-0.3, -0.25) is 0 Å². The third kappa shape index (κ3) is 4.05. The van der Waals surface area contributed by atoms with Gasteiger partial charge in [0.05, 0.1) is 0 Å². The summed E-state index contributed by atoms with van der Waals surface area (Å²) >= 11 is 16.4. The molecule has 0 nitrogen and oxygen atoms in total. The maximum atomic E-state index is 15.9. The van der Waals surface area contributed by atoms with Crippen LogP contribution in [0.3, 0.4) is 0 Å². The maximum absolute atomic E-state index is 15.9. The second-order valence-electron chi connectivity index (χ2n) is 7.68. The number of hydrogen-bond acceptors (Lipinski definition) is 0. The predicted molar refractivity (Wildman–Crippen MR) is 101 cm³/mol. The molecule has 0 spiro atoms. The predicted octanol–water partition coefficient (Wildman–Crippen LogP) is 8.46. The molecule has 3 atom stereocenters. The van der Waals surface area contributed by atoms with Crippen LogP contribution in [0.25, 0.3) is 0 Å². The Morgan fingerprint density at radius 1 is 0.931 bits per heavy atom. The van der Waals surface area contributed by atoms with Crippen LogP contribution in [0, 0.1) is 11.8 Å². The van der Waals surface area contributed by atoms with E-state index in [2.05, 4.69) is 0 Å². The van der Waals surface area contributed by atoms with Gasteiger partial charge in [-0.15, -0.1) is 0 Å². The Morgan fingerprint density at radius 2 is 1.55 bits per heavy atom. The minimum absolute atomic E-state index is 0.0751. The van der Waals surface area contributed by atoms with Crippen molar-refractivity contribution in [3.8, 4) is 0 Å². The number of fused-ring (bicyclic) bond motifs is 1. The molecule has 0 aromatic carbocycles. The topological polar surface area (TPSA) is 0 Å². The van der Waals surface area contributed by atoms with Crippen molar-refractivity contribution in [2.45, 2.75) is 79.1 Å². The third-order valence-corrected chi connectivity index (χ3v) is 6.65. The summed E-state index contributed by atoms with van der Waals surface area (Å²) in [5, 5.41) is 0. The van der Waals surface area contributed by atoms with Crippen molar-refractivity contribution >= 4 is 34.8 Å². The fourth-order valence-electron chi connectivity index (χ4n) is 4.15. The van der Waals surface area contributed by atoms with Crippen LogP contribution < -0.4 is 0 Å². The highest BCUT2D eigenvalue weighted by atomic mass is 35.6. The van der Waals surface area contributed by atoms with Gasteiger partial charge in [-0.2, -0.15) is 26.3 Å². The number of rotatable bonds is 8. The molecule has 0 amide bonds. The van der Waals surface area contributed by atoms with E-state index in [-0.39, 0.29) is 30.8 Å². The zero-order valence-electron chi connectivity index (χ0n) is 15.6. The van der Waals surface area contributed by atoms with Gasteiger partial charge in [0.2, 0.25) is 9.46 Å². The normalized spacial score (nSPS) is 25.6. The quantitative estimate of drug-likeness (QED) is 0.182. The van der Waals surface area contributed by atoms with Crippen LogP contribution in [0.2, 0.25) is 0 Å². The van der Waals surface area contributed by atoms with E-state index in [4.69, 9.17) is 34.8 Å². The number of hydrogen-bond donors (Lipinski definition) is 0. The number of allylic oxidation sites excluding steroid dienone is 4. The highest BCUT2D eigenvalue weighted by molar-refractivity contribution is 6.68. The van der Waals surface area contributed by atoms with Crippen LogP contribution in [-0.4, -0.2) is 27.2 Å². The summed E-state index contributed by atoms with van der Waals surface area (Å²) < 4.78 is 100. The highest BCUT2D eigenvalue weighted by Gasteiger charge is 2.84. The Morgan fingerprint density at radius 3 is 2.10 bits per heavy atom. The molecule has 0 N–H and O–H groups in total. The maximum Gasteiger partial charge on any atom is 0.375 e. The van der Waals surface area contributed by atoms with Crippen LogP contribution in [0.4, 0.5) is 30.7 Å². The fourth-order valence-corrected chi connectivity index (χ4v) is 4.90. The van der Waals surface area contributed by atoms with E-state index in [0.717, 1.165) is 0 Å². The van der Waals surface area contributed by atoms with Gasteiger partial charge < -0.3 is 0 Å². The Hall–Kier alpha value is -0.140. The largest absolute Gasteiger partial charge is 0.375 e. The molecule has 29 heavy (non-hydrogen) atoms. The number of halogens is 10. The zero-order valence-corrected chi connectivity index (χ0v) is 17.9. The van der Waals surface area contributed by atoms with Crippen molar-refractivity contribution in [1.29, 1.82) is 0 Å². The first-order valence-corrected chi connectivity index (χ1v) is 10.5. The van der Waals surface area contributed by atoms with Gasteiger partial charge >= 0.3 is 17.8 Å². The van der Waals surface area contributed by atoms with Gasteiger partial charge in [-0.1, -0.05) is 78.4 Å². The van der Waals surface area contributed by atoms with E-state index >= 15 is 13.2 Å². The Balaban J connectivity index is 2.53. The van der Waals surface area contributed by atoms with Crippen molar-refractivity contribution in [1.82, 2.24) is 0 Å². The molecule has 2 aliphatic rings. The summed E-state index contributed by atoms with van der Waals surface area (Å²) in [6.45, 7) is 1.63. The summed E-state index contributed by atoms with van der Waals surface area (Å²) in [7, 11) is 0. The molecular formula is C19H22Cl3F7. The van der Waals surface area contributed by atoms with Gasteiger partial charge in [0.15, 0.2) is 0 Å². The van der Waals surface area contributed by atoms with Gasteiger partial charge in [-0.25, -0.2) is 4.39 Å². The molecule has 1 fully saturated rings. The first-order valence-electron chi connectivity index (χ1n) is 9.40. The van der Waals surface area contributed by atoms with E-state index in [0.29, 0.717) is 12.8 Å². The lowest BCUT2D eigenvalue weighted by molar-refractivity contribution is -0.350. The molecule has 168 valence electrons. The first-order chi connectivity index (χ1) is 13.1. The smallest absolute Gasteiger partial charge is 0.231 e. The van der Waals surface area contributed by atoms with Crippen molar-refractivity contribution in [2.24, 2.45) is 11.8 Å². The monoisotopic (exact) mass is 488 g/mol. The average molecular weight is 490 g/mol. The van der Waals surface area contributed by atoms with Crippen LogP contribution >= 0.6 is 34.8 Å². The standard InChI is InChI=1S/C19H22Cl3F7/c1-2-3-6-11-15(23,24)17(26,27)18(28,29)16(25,19(20,21)22)14-10-9-12-7-4-5-8-13(12)14/h4-5,8,12,14H,2-3,6-7,9-11H2,1H3. The molecule has 0 bridgehead atoms. The van der Waals surface area contributed by atoms with Gasteiger partial charge in [0.1, 0.15) is 0 Å². The SMILES string of the molecule is CCCCCC(F)(F)C(F)(F)C(F)(F)C(F)(C1CCC2CC=CC=C21)C(Cl)(Cl)Cl. The van der Waals surface area contributed by atoms with Crippen molar-refractivity contribution in [3.05, 3.63) is 23.8 Å². The van der Waals surface area contributed by atoms with Gasteiger partial charge in [0.25, 0.3) is 0 Å². The summed E-state index contributed by atoms with van der Waals surface area (Å²) in [6.07, 6.45) is 3.31. The van der Waals surface area contributed by atoms with Crippen molar-refractivity contribution < 1.29 is 30.7 Å². The average Bonchev–Trinajstić information content (AvgIpc) is 3.04. The molecule has 0 saturated heterocycles. The Bertz CT molecular complexity index is 655. The summed E-state index contributed by atoms with van der Waals surface area (Å²) in [5.41, 5.74) is -4.46. The van der Waals surface area contributed by atoms with E-state index in [9.17, 15) is 17.6 Å². The lowest BCUT2D eigenvalue weighted by Crippen LogP contribution is -2.70. The Kier molecular flexibility index (Phi) is 7.29. The number of unbranched alkanes of at least 4 members (excludes halogenated alkanes) is 2.